The minimum absolute atomic E-state index is 0.516. The first kappa shape index (κ1) is 11.8. The Hall–Kier alpha value is -0.660. The molecule has 2 rings (SSSR count). The SMILES string of the molecule is O=C(O)C(Cc1csc2ccccc12)NI. The van der Waals surface area contributed by atoms with Gasteiger partial charge in [-0.3, -0.25) is 4.79 Å². The smallest absolute Gasteiger partial charge is 0.321 e. The van der Waals surface area contributed by atoms with E-state index < -0.39 is 12.0 Å². The molecule has 5 heteroatoms. The first-order valence-electron chi connectivity index (χ1n) is 4.76. The number of hydrogen-bond acceptors (Lipinski definition) is 3. The molecular weight excluding hydrogens is 337 g/mol. The Morgan fingerprint density at radius 3 is 2.94 bits per heavy atom. The number of carboxylic acids is 1. The highest BCUT2D eigenvalue weighted by molar-refractivity contribution is 14.1. The molecule has 0 saturated carbocycles. The number of hydrogen-bond donors (Lipinski definition) is 2. The minimum atomic E-state index is -0.815. The zero-order chi connectivity index (χ0) is 11.5. The third-order valence-corrected chi connectivity index (χ3v) is 4.18. The zero-order valence-electron chi connectivity index (χ0n) is 8.31. The van der Waals surface area contributed by atoms with E-state index in [2.05, 4.69) is 9.60 Å². The van der Waals surface area contributed by atoms with E-state index in [4.69, 9.17) is 5.11 Å². The van der Waals surface area contributed by atoms with Gasteiger partial charge >= 0.3 is 5.97 Å². The van der Waals surface area contributed by atoms with Crippen LogP contribution in [0.25, 0.3) is 10.1 Å². The summed E-state index contributed by atoms with van der Waals surface area (Å²) in [5.41, 5.74) is 1.09. The fourth-order valence-electron chi connectivity index (χ4n) is 1.58. The Kier molecular flexibility index (Phi) is 3.78. The van der Waals surface area contributed by atoms with Gasteiger partial charge in [0.05, 0.1) is 0 Å². The van der Waals surface area contributed by atoms with Crippen LogP contribution in [0.2, 0.25) is 0 Å². The molecular formula is C11H10INO2S. The Morgan fingerprint density at radius 1 is 1.50 bits per heavy atom. The van der Waals surface area contributed by atoms with Crippen LogP contribution in [0.3, 0.4) is 0 Å². The molecule has 0 aliphatic heterocycles. The lowest BCUT2D eigenvalue weighted by molar-refractivity contribution is -0.138. The van der Waals surface area contributed by atoms with Crippen molar-refractivity contribution in [3.8, 4) is 0 Å². The highest BCUT2D eigenvalue weighted by Gasteiger charge is 2.17. The van der Waals surface area contributed by atoms with Gasteiger partial charge in [0.1, 0.15) is 6.04 Å². The molecule has 0 amide bonds. The molecule has 0 aliphatic rings. The Bertz CT molecular complexity index is 511. The Morgan fingerprint density at radius 2 is 2.25 bits per heavy atom. The number of carbonyl (C=O) groups is 1. The van der Waals surface area contributed by atoms with Gasteiger partial charge in [0.25, 0.3) is 0 Å². The summed E-state index contributed by atoms with van der Waals surface area (Å²) >= 11 is 3.54. The molecule has 2 aromatic rings. The molecule has 1 aromatic heterocycles. The van der Waals surface area contributed by atoms with Crippen LogP contribution in [0.4, 0.5) is 0 Å². The van der Waals surface area contributed by atoms with Gasteiger partial charge in [-0.25, -0.2) is 3.53 Å². The molecule has 1 atom stereocenters. The first-order valence-corrected chi connectivity index (χ1v) is 6.72. The van der Waals surface area contributed by atoms with Crippen molar-refractivity contribution < 1.29 is 9.90 Å². The van der Waals surface area contributed by atoms with E-state index in [1.54, 1.807) is 11.3 Å². The molecule has 0 bridgehead atoms. The third-order valence-electron chi connectivity index (χ3n) is 2.42. The maximum atomic E-state index is 10.9. The van der Waals surface area contributed by atoms with E-state index in [1.165, 1.54) is 4.70 Å². The van der Waals surface area contributed by atoms with E-state index in [9.17, 15) is 4.79 Å². The summed E-state index contributed by atoms with van der Waals surface area (Å²) in [6.45, 7) is 0. The summed E-state index contributed by atoms with van der Waals surface area (Å²) in [7, 11) is 0. The summed E-state index contributed by atoms with van der Waals surface area (Å²) in [6.07, 6.45) is 0.516. The standard InChI is InChI=1S/C11H10INO2S/c12-13-9(11(14)15)5-7-6-16-10-4-2-1-3-8(7)10/h1-4,6,9,13H,5H2,(H,14,15). The lowest BCUT2D eigenvalue weighted by Gasteiger charge is -2.08. The number of halogens is 1. The zero-order valence-corrected chi connectivity index (χ0v) is 11.3. The molecule has 84 valence electrons. The van der Waals surface area contributed by atoms with E-state index >= 15 is 0 Å². The number of aliphatic carboxylic acids is 1. The van der Waals surface area contributed by atoms with Gasteiger partial charge in [-0.15, -0.1) is 11.3 Å². The van der Waals surface area contributed by atoms with Crippen molar-refractivity contribution in [2.45, 2.75) is 12.5 Å². The summed E-state index contributed by atoms with van der Waals surface area (Å²) in [5, 5.41) is 12.2. The lowest BCUT2D eigenvalue weighted by atomic mass is 10.1. The number of fused-ring (bicyclic) bond motifs is 1. The number of thiophene rings is 1. The van der Waals surface area contributed by atoms with Crippen molar-refractivity contribution in [2.75, 3.05) is 0 Å². The Balaban J connectivity index is 2.30. The van der Waals surface area contributed by atoms with Crippen molar-refractivity contribution in [1.82, 2.24) is 3.53 Å². The maximum Gasteiger partial charge on any atom is 0.321 e. The molecule has 0 radical (unpaired) electrons. The van der Waals surface area contributed by atoms with E-state index in [-0.39, 0.29) is 0 Å². The normalized spacial score (nSPS) is 12.8. The quantitative estimate of drug-likeness (QED) is 0.661. The lowest BCUT2D eigenvalue weighted by Crippen LogP contribution is -2.32. The van der Waals surface area contributed by atoms with Crippen LogP contribution >= 0.6 is 34.2 Å². The molecule has 0 saturated heterocycles. The van der Waals surface area contributed by atoms with Crippen LogP contribution in [0.1, 0.15) is 5.56 Å². The Labute approximate surface area is 111 Å². The minimum Gasteiger partial charge on any atom is -0.480 e. The summed E-state index contributed by atoms with van der Waals surface area (Å²) in [4.78, 5) is 10.9. The van der Waals surface area contributed by atoms with E-state index in [0.29, 0.717) is 6.42 Å². The van der Waals surface area contributed by atoms with Gasteiger partial charge in [-0.05, 0) is 22.4 Å². The largest absolute Gasteiger partial charge is 0.480 e. The first-order chi connectivity index (χ1) is 7.72. The van der Waals surface area contributed by atoms with Gasteiger partial charge in [0.2, 0.25) is 0 Å². The predicted molar refractivity (Wildman–Crippen MR) is 74.1 cm³/mol. The van der Waals surface area contributed by atoms with Crippen molar-refractivity contribution in [1.29, 1.82) is 0 Å². The maximum absolute atomic E-state index is 10.9. The van der Waals surface area contributed by atoms with Crippen molar-refractivity contribution in [3.05, 3.63) is 35.2 Å². The summed E-state index contributed by atoms with van der Waals surface area (Å²) in [5.74, 6) is -0.815. The average molecular weight is 347 g/mol. The van der Waals surface area contributed by atoms with Gasteiger partial charge < -0.3 is 5.11 Å². The van der Waals surface area contributed by atoms with Crippen LogP contribution in [0.5, 0.6) is 0 Å². The van der Waals surface area contributed by atoms with Crippen LogP contribution in [0, 0.1) is 0 Å². The summed E-state index contributed by atoms with van der Waals surface area (Å²) in [6, 6.07) is 7.53. The van der Waals surface area contributed by atoms with Gasteiger partial charge in [-0.1, -0.05) is 18.2 Å². The molecule has 16 heavy (non-hydrogen) atoms. The third kappa shape index (κ3) is 2.36. The second-order valence-electron chi connectivity index (χ2n) is 3.46. The van der Waals surface area contributed by atoms with Gasteiger partial charge in [0.15, 0.2) is 0 Å². The summed E-state index contributed by atoms with van der Waals surface area (Å²) < 4.78 is 3.98. The van der Waals surface area contributed by atoms with Crippen LogP contribution in [0.15, 0.2) is 29.6 Å². The predicted octanol–water partition coefficient (Wildman–Crippen LogP) is 2.84. The molecule has 1 unspecified atom stereocenters. The number of benzene rings is 1. The monoisotopic (exact) mass is 347 g/mol. The van der Waals surface area contributed by atoms with Gasteiger partial charge in [0, 0.05) is 34.0 Å². The topological polar surface area (TPSA) is 49.3 Å². The molecule has 1 aromatic carbocycles. The van der Waals surface area contributed by atoms with Crippen LogP contribution < -0.4 is 3.53 Å². The second kappa shape index (κ2) is 5.11. The number of rotatable bonds is 4. The van der Waals surface area contributed by atoms with Crippen molar-refractivity contribution in [2.24, 2.45) is 0 Å². The number of nitrogens with one attached hydrogen (secondary N) is 1. The van der Waals surface area contributed by atoms with E-state index in [1.807, 2.05) is 46.4 Å². The van der Waals surface area contributed by atoms with Crippen molar-refractivity contribution in [3.63, 3.8) is 0 Å². The van der Waals surface area contributed by atoms with Crippen molar-refractivity contribution >= 4 is 50.3 Å². The van der Waals surface area contributed by atoms with Crippen LogP contribution in [-0.4, -0.2) is 17.1 Å². The second-order valence-corrected chi connectivity index (χ2v) is 5.00. The molecule has 0 aliphatic carbocycles. The molecule has 0 spiro atoms. The molecule has 0 fully saturated rings. The van der Waals surface area contributed by atoms with Gasteiger partial charge in [-0.2, -0.15) is 0 Å². The molecule has 2 N–H and O–H groups in total. The van der Waals surface area contributed by atoms with Crippen LogP contribution in [-0.2, 0) is 11.2 Å². The molecule has 3 nitrogen and oxygen atoms in total. The highest BCUT2D eigenvalue weighted by Crippen LogP contribution is 2.26. The molecule has 1 heterocycles. The average Bonchev–Trinajstić information content (AvgIpc) is 2.69. The fourth-order valence-corrected chi connectivity index (χ4v) is 3.05. The van der Waals surface area contributed by atoms with E-state index in [0.717, 1.165) is 10.9 Å². The number of carboxylic acid groups (broad SMARTS) is 1. The highest BCUT2D eigenvalue weighted by atomic mass is 127. The fraction of sp³-hybridized carbons (Fsp3) is 0.182.